The Kier molecular flexibility index (Phi) is 3.55. The van der Waals surface area contributed by atoms with Gasteiger partial charge < -0.3 is 9.47 Å². The molecule has 108 valence electrons. The monoisotopic (exact) mass is 274 g/mol. The summed E-state index contributed by atoms with van der Waals surface area (Å²) in [7, 11) is 0. The third-order valence-electron chi connectivity index (χ3n) is 4.56. The molecule has 2 fully saturated rings. The van der Waals surface area contributed by atoms with E-state index in [0.29, 0.717) is 0 Å². The molecule has 1 aromatic carbocycles. The molecule has 1 heterocycles. The van der Waals surface area contributed by atoms with Crippen molar-refractivity contribution in [3.8, 4) is 0 Å². The molecule has 2 unspecified atom stereocenters. The zero-order valence-corrected chi connectivity index (χ0v) is 12.2. The van der Waals surface area contributed by atoms with Crippen LogP contribution in [0.5, 0.6) is 0 Å². The van der Waals surface area contributed by atoms with Crippen LogP contribution in [0.15, 0.2) is 24.3 Å². The van der Waals surface area contributed by atoms with Crippen LogP contribution in [-0.4, -0.2) is 18.2 Å². The Morgan fingerprint density at radius 2 is 1.95 bits per heavy atom. The van der Waals surface area contributed by atoms with Crippen LogP contribution in [0.1, 0.15) is 50.2 Å². The maximum absolute atomic E-state index is 12.2. The van der Waals surface area contributed by atoms with Crippen molar-refractivity contribution >= 4 is 5.97 Å². The Hall–Kier alpha value is -1.35. The molecule has 3 nitrogen and oxygen atoms in total. The lowest BCUT2D eigenvalue weighted by atomic mass is 9.92. The Morgan fingerprint density at radius 1 is 1.30 bits per heavy atom. The van der Waals surface area contributed by atoms with Crippen molar-refractivity contribution in [3.63, 3.8) is 0 Å². The number of epoxide rings is 1. The highest BCUT2D eigenvalue weighted by Crippen LogP contribution is 2.50. The van der Waals surface area contributed by atoms with Gasteiger partial charge in [-0.1, -0.05) is 36.8 Å². The molecule has 2 aliphatic rings. The third-order valence-corrected chi connectivity index (χ3v) is 4.56. The minimum absolute atomic E-state index is 0.110. The fourth-order valence-electron chi connectivity index (χ4n) is 3.17. The van der Waals surface area contributed by atoms with Gasteiger partial charge in [-0.2, -0.15) is 0 Å². The van der Waals surface area contributed by atoms with Gasteiger partial charge in [0.25, 0.3) is 0 Å². The first kappa shape index (κ1) is 13.6. The van der Waals surface area contributed by atoms with Gasteiger partial charge in [0.2, 0.25) is 0 Å². The van der Waals surface area contributed by atoms with Gasteiger partial charge in [-0.15, -0.1) is 0 Å². The second-order valence-corrected chi connectivity index (χ2v) is 5.95. The van der Waals surface area contributed by atoms with E-state index in [9.17, 15) is 4.79 Å². The van der Waals surface area contributed by atoms with Crippen molar-refractivity contribution in [3.05, 3.63) is 35.4 Å². The lowest BCUT2D eigenvalue weighted by Gasteiger charge is -2.13. The minimum Gasteiger partial charge on any atom is -0.460 e. The van der Waals surface area contributed by atoms with Gasteiger partial charge in [-0.3, -0.25) is 0 Å². The predicted octanol–water partition coefficient (Wildman–Crippen LogP) is 3.48. The van der Waals surface area contributed by atoms with Crippen molar-refractivity contribution in [2.75, 3.05) is 0 Å². The Morgan fingerprint density at radius 3 is 2.55 bits per heavy atom. The number of carbonyl (C=O) groups is 1. The molecule has 1 saturated carbocycles. The molecule has 0 amide bonds. The number of rotatable bonds is 4. The van der Waals surface area contributed by atoms with E-state index in [0.717, 1.165) is 24.8 Å². The molecule has 1 saturated heterocycles. The number of hydrogen-bond donors (Lipinski definition) is 0. The van der Waals surface area contributed by atoms with Crippen LogP contribution >= 0.6 is 0 Å². The third kappa shape index (κ3) is 2.35. The Labute approximate surface area is 120 Å². The standard InChI is InChI=1S/C17H22O3/c1-3-17(13-10-8-12(2)9-11-13)15(20-17)16(18)19-14-6-4-5-7-14/h8-11,14-15H,3-7H2,1-2H3. The van der Waals surface area contributed by atoms with Crippen LogP contribution < -0.4 is 0 Å². The van der Waals surface area contributed by atoms with Crippen molar-refractivity contribution in [1.29, 1.82) is 0 Å². The molecule has 1 aliphatic heterocycles. The van der Waals surface area contributed by atoms with Gasteiger partial charge in [0.15, 0.2) is 6.10 Å². The van der Waals surface area contributed by atoms with Gasteiger partial charge in [-0.05, 0) is 44.6 Å². The highest BCUT2D eigenvalue weighted by atomic mass is 16.7. The summed E-state index contributed by atoms with van der Waals surface area (Å²) in [5.41, 5.74) is 1.84. The van der Waals surface area contributed by atoms with E-state index in [1.807, 2.05) is 0 Å². The smallest absolute Gasteiger partial charge is 0.339 e. The fraction of sp³-hybridized carbons (Fsp3) is 0.588. The van der Waals surface area contributed by atoms with E-state index in [2.05, 4.69) is 38.1 Å². The SMILES string of the molecule is CCC1(c2ccc(C)cc2)OC1C(=O)OC1CCCC1. The van der Waals surface area contributed by atoms with E-state index in [4.69, 9.17) is 9.47 Å². The maximum atomic E-state index is 12.2. The molecule has 0 radical (unpaired) electrons. The molecule has 0 bridgehead atoms. The molecule has 1 aromatic rings. The summed E-state index contributed by atoms with van der Waals surface area (Å²) in [4.78, 5) is 12.2. The zero-order chi connectivity index (χ0) is 14.2. The minimum atomic E-state index is -0.455. The lowest BCUT2D eigenvalue weighted by molar-refractivity contribution is -0.150. The van der Waals surface area contributed by atoms with Crippen molar-refractivity contribution in [2.45, 2.75) is 63.8 Å². The molecule has 0 N–H and O–H groups in total. The second kappa shape index (κ2) is 5.21. The van der Waals surface area contributed by atoms with Crippen LogP contribution in [0, 0.1) is 6.92 Å². The van der Waals surface area contributed by atoms with E-state index < -0.39 is 11.7 Å². The summed E-state index contributed by atoms with van der Waals surface area (Å²) in [5, 5.41) is 0. The summed E-state index contributed by atoms with van der Waals surface area (Å²) in [6, 6.07) is 8.24. The van der Waals surface area contributed by atoms with Crippen LogP contribution in [0.4, 0.5) is 0 Å². The van der Waals surface area contributed by atoms with Crippen molar-refractivity contribution < 1.29 is 14.3 Å². The van der Waals surface area contributed by atoms with Gasteiger partial charge in [0, 0.05) is 0 Å². The van der Waals surface area contributed by atoms with Gasteiger partial charge >= 0.3 is 5.97 Å². The molecule has 3 heteroatoms. The first-order valence-electron chi connectivity index (χ1n) is 7.61. The van der Waals surface area contributed by atoms with E-state index in [-0.39, 0.29) is 12.1 Å². The average Bonchev–Trinajstić information content (AvgIpc) is 3.00. The van der Waals surface area contributed by atoms with Gasteiger partial charge in [-0.25, -0.2) is 4.79 Å². The number of benzene rings is 1. The molecule has 20 heavy (non-hydrogen) atoms. The number of aryl methyl sites for hydroxylation is 1. The lowest BCUT2D eigenvalue weighted by Crippen LogP contribution is -2.24. The van der Waals surface area contributed by atoms with E-state index in [1.54, 1.807) is 0 Å². The summed E-state index contributed by atoms with van der Waals surface area (Å²) in [6.07, 6.45) is 4.82. The molecule has 2 atom stereocenters. The van der Waals surface area contributed by atoms with Crippen molar-refractivity contribution in [1.82, 2.24) is 0 Å². The molecular weight excluding hydrogens is 252 g/mol. The highest BCUT2D eigenvalue weighted by molar-refractivity contribution is 5.80. The topological polar surface area (TPSA) is 38.8 Å². The van der Waals surface area contributed by atoms with E-state index >= 15 is 0 Å². The first-order chi connectivity index (χ1) is 9.65. The van der Waals surface area contributed by atoms with Gasteiger partial charge in [0.1, 0.15) is 11.7 Å². The van der Waals surface area contributed by atoms with E-state index in [1.165, 1.54) is 18.4 Å². The van der Waals surface area contributed by atoms with Crippen LogP contribution in [0.2, 0.25) is 0 Å². The largest absolute Gasteiger partial charge is 0.460 e. The number of ether oxygens (including phenoxy) is 2. The van der Waals surface area contributed by atoms with Gasteiger partial charge in [0.05, 0.1) is 0 Å². The predicted molar refractivity (Wildman–Crippen MR) is 76.4 cm³/mol. The Balaban J connectivity index is 1.70. The Bertz CT molecular complexity index is 487. The number of esters is 1. The molecule has 0 spiro atoms. The highest BCUT2D eigenvalue weighted by Gasteiger charge is 2.61. The molecule has 1 aliphatic carbocycles. The van der Waals surface area contributed by atoms with Crippen molar-refractivity contribution in [2.24, 2.45) is 0 Å². The van der Waals surface area contributed by atoms with Crippen LogP contribution in [-0.2, 0) is 19.9 Å². The summed E-state index contributed by atoms with van der Waals surface area (Å²) < 4.78 is 11.4. The summed E-state index contributed by atoms with van der Waals surface area (Å²) in [5.74, 6) is -0.181. The zero-order valence-electron chi connectivity index (χ0n) is 12.2. The number of hydrogen-bond acceptors (Lipinski definition) is 3. The first-order valence-corrected chi connectivity index (χ1v) is 7.61. The molecule has 3 rings (SSSR count). The summed E-state index contributed by atoms with van der Waals surface area (Å²) >= 11 is 0. The normalized spacial score (nSPS) is 29.4. The molecule has 0 aromatic heterocycles. The molecular formula is C17H22O3. The quantitative estimate of drug-likeness (QED) is 0.623. The van der Waals surface area contributed by atoms with Crippen LogP contribution in [0.25, 0.3) is 0 Å². The average molecular weight is 274 g/mol. The second-order valence-electron chi connectivity index (χ2n) is 5.95. The fourth-order valence-corrected chi connectivity index (χ4v) is 3.17. The van der Waals surface area contributed by atoms with Crippen LogP contribution in [0.3, 0.4) is 0 Å². The summed E-state index contributed by atoms with van der Waals surface area (Å²) in [6.45, 7) is 4.12. The maximum Gasteiger partial charge on any atom is 0.339 e. The number of carbonyl (C=O) groups excluding carboxylic acids is 1.